The van der Waals surface area contributed by atoms with Gasteiger partial charge in [0.2, 0.25) is 0 Å². The third kappa shape index (κ3) is 2.85. The van der Waals surface area contributed by atoms with E-state index in [0.29, 0.717) is 10.6 Å². The van der Waals surface area contributed by atoms with Crippen LogP contribution in [0, 0.1) is 0 Å². The molecular weight excluding hydrogens is 248 g/mol. The molecule has 2 rings (SSSR count). The maximum absolute atomic E-state index is 12.5. The van der Waals surface area contributed by atoms with Crippen molar-refractivity contribution in [3.05, 3.63) is 34.9 Å². The summed E-state index contributed by atoms with van der Waals surface area (Å²) >= 11 is 6.10. The van der Waals surface area contributed by atoms with Crippen molar-refractivity contribution in [3.8, 4) is 0 Å². The van der Waals surface area contributed by atoms with Gasteiger partial charge in [-0.1, -0.05) is 23.7 Å². The number of halogens is 1. The van der Waals surface area contributed by atoms with Gasteiger partial charge < -0.3 is 10.2 Å². The van der Waals surface area contributed by atoms with Gasteiger partial charge in [-0.15, -0.1) is 0 Å². The molecule has 1 unspecified atom stereocenters. The first-order valence-electron chi connectivity index (χ1n) is 6.44. The van der Waals surface area contributed by atoms with Crippen LogP contribution in [-0.2, 0) is 0 Å². The second kappa shape index (κ2) is 6.21. The molecule has 0 spiro atoms. The van der Waals surface area contributed by atoms with Gasteiger partial charge in [-0.3, -0.25) is 4.79 Å². The number of likely N-dealkylation sites (tertiary alicyclic amines) is 1. The summed E-state index contributed by atoms with van der Waals surface area (Å²) in [5, 5.41) is 3.70. The second-order valence-electron chi connectivity index (χ2n) is 4.69. The fourth-order valence-corrected chi connectivity index (χ4v) is 2.72. The Morgan fingerprint density at radius 2 is 2.22 bits per heavy atom. The van der Waals surface area contributed by atoms with Crippen LogP contribution < -0.4 is 5.32 Å². The monoisotopic (exact) mass is 266 g/mol. The molecule has 0 aliphatic carbocycles. The van der Waals surface area contributed by atoms with E-state index in [0.717, 1.165) is 25.9 Å². The van der Waals surface area contributed by atoms with E-state index in [1.54, 1.807) is 12.1 Å². The quantitative estimate of drug-likeness (QED) is 0.912. The van der Waals surface area contributed by atoms with Gasteiger partial charge in [0.15, 0.2) is 0 Å². The molecule has 1 N–H and O–H groups in total. The molecule has 1 aromatic rings. The molecular formula is C14H19ClN2O. The Morgan fingerprint density at radius 1 is 1.44 bits per heavy atom. The third-order valence-corrected chi connectivity index (χ3v) is 3.76. The molecule has 1 aliphatic heterocycles. The van der Waals surface area contributed by atoms with Gasteiger partial charge in [0, 0.05) is 19.1 Å². The van der Waals surface area contributed by atoms with E-state index >= 15 is 0 Å². The van der Waals surface area contributed by atoms with Crippen LogP contribution in [0.2, 0.25) is 5.02 Å². The lowest BCUT2D eigenvalue weighted by Gasteiger charge is -2.36. The van der Waals surface area contributed by atoms with Crippen LogP contribution in [0.15, 0.2) is 24.3 Å². The number of carbonyl (C=O) groups is 1. The Morgan fingerprint density at radius 3 is 2.94 bits per heavy atom. The van der Waals surface area contributed by atoms with Gasteiger partial charge in [-0.2, -0.15) is 0 Å². The lowest BCUT2D eigenvalue weighted by atomic mass is 10.0. The van der Waals surface area contributed by atoms with Crippen molar-refractivity contribution in [2.75, 3.05) is 20.1 Å². The molecule has 3 nitrogen and oxygen atoms in total. The van der Waals surface area contributed by atoms with E-state index in [9.17, 15) is 4.79 Å². The van der Waals surface area contributed by atoms with Crippen LogP contribution in [0.3, 0.4) is 0 Å². The van der Waals surface area contributed by atoms with E-state index in [2.05, 4.69) is 5.32 Å². The van der Waals surface area contributed by atoms with Crippen LogP contribution in [0.25, 0.3) is 0 Å². The van der Waals surface area contributed by atoms with Gasteiger partial charge in [0.05, 0.1) is 10.6 Å². The number of likely N-dealkylation sites (N-methyl/N-ethyl adjacent to an activating group) is 1. The van der Waals surface area contributed by atoms with Crippen molar-refractivity contribution in [3.63, 3.8) is 0 Å². The van der Waals surface area contributed by atoms with E-state index in [4.69, 9.17) is 11.6 Å². The molecule has 1 saturated heterocycles. The maximum atomic E-state index is 12.5. The predicted molar refractivity (Wildman–Crippen MR) is 74.1 cm³/mol. The first-order valence-corrected chi connectivity index (χ1v) is 6.82. The van der Waals surface area contributed by atoms with Crippen molar-refractivity contribution in [2.45, 2.75) is 25.3 Å². The molecule has 0 saturated carbocycles. The van der Waals surface area contributed by atoms with E-state index in [1.807, 2.05) is 24.1 Å². The number of nitrogens with one attached hydrogen (secondary N) is 1. The minimum absolute atomic E-state index is 0.0561. The Hall–Kier alpha value is -1.06. The van der Waals surface area contributed by atoms with Gasteiger partial charge in [0.25, 0.3) is 5.91 Å². The van der Waals surface area contributed by atoms with E-state index in [-0.39, 0.29) is 11.9 Å². The van der Waals surface area contributed by atoms with Crippen molar-refractivity contribution in [2.24, 2.45) is 0 Å². The number of benzene rings is 1. The Kier molecular flexibility index (Phi) is 4.61. The lowest BCUT2D eigenvalue weighted by molar-refractivity contribution is 0.0615. The summed E-state index contributed by atoms with van der Waals surface area (Å²) in [5.41, 5.74) is 0.613. The molecule has 0 bridgehead atoms. The third-order valence-electron chi connectivity index (χ3n) is 3.43. The zero-order chi connectivity index (χ0) is 13.0. The van der Waals surface area contributed by atoms with Crippen molar-refractivity contribution >= 4 is 17.5 Å². The number of rotatable bonds is 3. The first kappa shape index (κ1) is 13.4. The normalized spacial score (nSPS) is 19.9. The number of carbonyl (C=O) groups excluding carboxylic acids is 1. The van der Waals surface area contributed by atoms with Crippen LogP contribution in [0.4, 0.5) is 0 Å². The van der Waals surface area contributed by atoms with Crippen LogP contribution in [0.5, 0.6) is 0 Å². The largest absolute Gasteiger partial charge is 0.334 e. The molecule has 1 atom stereocenters. The predicted octanol–water partition coefficient (Wildman–Crippen LogP) is 2.55. The Labute approximate surface area is 113 Å². The highest BCUT2D eigenvalue weighted by atomic mass is 35.5. The molecule has 4 heteroatoms. The summed E-state index contributed by atoms with van der Waals surface area (Å²) in [6.07, 6.45) is 3.34. The van der Waals surface area contributed by atoms with Gasteiger partial charge in [-0.05, 0) is 38.4 Å². The number of hydrogen-bond donors (Lipinski definition) is 1. The number of amides is 1. The van der Waals surface area contributed by atoms with Crippen LogP contribution in [-0.4, -0.2) is 37.0 Å². The number of hydrogen-bond acceptors (Lipinski definition) is 2. The zero-order valence-electron chi connectivity index (χ0n) is 10.7. The van der Waals surface area contributed by atoms with Crippen molar-refractivity contribution < 1.29 is 4.79 Å². The molecule has 98 valence electrons. The highest BCUT2D eigenvalue weighted by molar-refractivity contribution is 6.33. The summed E-state index contributed by atoms with van der Waals surface area (Å²) in [6, 6.07) is 7.56. The smallest absolute Gasteiger partial charge is 0.255 e. The fraction of sp³-hybridized carbons (Fsp3) is 0.500. The van der Waals surface area contributed by atoms with Crippen LogP contribution >= 0.6 is 11.6 Å². The van der Waals surface area contributed by atoms with Crippen molar-refractivity contribution in [1.82, 2.24) is 10.2 Å². The molecule has 1 amide bonds. The lowest BCUT2D eigenvalue weighted by Crippen LogP contribution is -2.48. The molecule has 0 aromatic heterocycles. The minimum atomic E-state index is 0.0561. The average molecular weight is 267 g/mol. The maximum Gasteiger partial charge on any atom is 0.255 e. The summed E-state index contributed by atoms with van der Waals surface area (Å²) < 4.78 is 0. The molecule has 0 radical (unpaired) electrons. The average Bonchev–Trinajstić information content (AvgIpc) is 2.40. The van der Waals surface area contributed by atoms with Crippen molar-refractivity contribution in [1.29, 1.82) is 0 Å². The standard InChI is InChI=1S/C14H19ClN2O/c1-16-10-11-6-4-5-9-17(11)14(18)12-7-2-3-8-13(12)15/h2-3,7-8,11,16H,4-6,9-10H2,1H3. The summed E-state index contributed by atoms with van der Waals surface area (Å²) in [5.74, 6) is 0.0561. The fourth-order valence-electron chi connectivity index (χ4n) is 2.51. The Bertz CT molecular complexity index is 420. The van der Waals surface area contributed by atoms with Crippen LogP contribution in [0.1, 0.15) is 29.6 Å². The topological polar surface area (TPSA) is 32.3 Å². The highest BCUT2D eigenvalue weighted by Crippen LogP contribution is 2.22. The molecule has 1 aliphatic rings. The summed E-state index contributed by atoms with van der Waals surface area (Å²) in [7, 11) is 1.92. The van der Waals surface area contributed by atoms with Gasteiger partial charge in [0.1, 0.15) is 0 Å². The molecule has 1 fully saturated rings. The molecule has 18 heavy (non-hydrogen) atoms. The Balaban J connectivity index is 2.18. The summed E-state index contributed by atoms with van der Waals surface area (Å²) in [4.78, 5) is 14.5. The number of piperidine rings is 1. The number of nitrogens with zero attached hydrogens (tertiary/aromatic N) is 1. The first-order chi connectivity index (χ1) is 8.74. The summed E-state index contributed by atoms with van der Waals surface area (Å²) in [6.45, 7) is 1.67. The van der Waals surface area contributed by atoms with E-state index < -0.39 is 0 Å². The minimum Gasteiger partial charge on any atom is -0.334 e. The second-order valence-corrected chi connectivity index (χ2v) is 5.09. The highest BCUT2D eigenvalue weighted by Gasteiger charge is 2.27. The SMILES string of the molecule is CNCC1CCCCN1C(=O)c1ccccc1Cl. The van der Waals surface area contributed by atoms with E-state index in [1.165, 1.54) is 6.42 Å². The van der Waals surface area contributed by atoms with Gasteiger partial charge in [-0.25, -0.2) is 0 Å². The zero-order valence-corrected chi connectivity index (χ0v) is 11.4. The molecule has 1 heterocycles. The van der Waals surface area contributed by atoms with Gasteiger partial charge >= 0.3 is 0 Å². The molecule has 1 aromatic carbocycles.